The van der Waals surface area contributed by atoms with E-state index >= 15 is 0 Å². The van der Waals surface area contributed by atoms with E-state index in [2.05, 4.69) is 15.3 Å². The van der Waals surface area contributed by atoms with Crippen molar-refractivity contribution in [1.29, 1.82) is 0 Å². The highest BCUT2D eigenvalue weighted by Gasteiger charge is 2.61. The van der Waals surface area contributed by atoms with E-state index in [1.165, 1.54) is 6.33 Å². The third kappa shape index (κ3) is 3.14. The Morgan fingerprint density at radius 2 is 1.93 bits per heavy atom. The van der Waals surface area contributed by atoms with Crippen LogP contribution in [0, 0.1) is 17.8 Å². The fourth-order valence-corrected chi connectivity index (χ4v) is 4.86. The van der Waals surface area contributed by atoms with E-state index in [9.17, 15) is 4.79 Å². The highest BCUT2D eigenvalue weighted by atomic mass is 16.8. The number of nitrogens with zero attached hydrogens (tertiary/aromatic N) is 2. The minimum Gasteiger partial charge on any atom is -0.439 e. The molecule has 7 nitrogen and oxygen atoms in total. The number of anilines is 1. The third-order valence-electron chi connectivity index (χ3n) is 5.93. The van der Waals surface area contributed by atoms with E-state index in [-0.39, 0.29) is 30.0 Å². The van der Waals surface area contributed by atoms with E-state index in [1.54, 1.807) is 12.3 Å². The minimum absolute atomic E-state index is 0.0271. The molecule has 1 aromatic heterocycles. The zero-order chi connectivity index (χ0) is 19.3. The summed E-state index contributed by atoms with van der Waals surface area (Å²) in [4.78, 5) is 20.8. The van der Waals surface area contributed by atoms with E-state index in [4.69, 9.17) is 14.2 Å². The largest absolute Gasteiger partial charge is 0.439 e. The molecule has 5 atom stereocenters. The topological polar surface area (TPSA) is 82.6 Å². The summed E-state index contributed by atoms with van der Waals surface area (Å²) in [6, 6.07) is 8.98. The molecule has 1 N–H and O–H groups in total. The molecule has 3 aliphatic rings. The molecule has 1 aromatic carbocycles. The van der Waals surface area contributed by atoms with Crippen LogP contribution in [0.3, 0.4) is 0 Å². The summed E-state index contributed by atoms with van der Waals surface area (Å²) in [6.45, 7) is 3.90. The Morgan fingerprint density at radius 1 is 1.14 bits per heavy atom. The van der Waals surface area contributed by atoms with Crippen LogP contribution in [0.2, 0.25) is 0 Å². The number of ether oxygens (including phenoxy) is 3. The predicted molar refractivity (Wildman–Crippen MR) is 101 cm³/mol. The first-order chi connectivity index (χ1) is 13.5. The van der Waals surface area contributed by atoms with Gasteiger partial charge in [-0.05, 0) is 62.8 Å². The summed E-state index contributed by atoms with van der Waals surface area (Å²) >= 11 is 0. The molecule has 0 spiro atoms. The van der Waals surface area contributed by atoms with Gasteiger partial charge >= 0.3 is 0 Å². The van der Waals surface area contributed by atoms with Gasteiger partial charge < -0.3 is 19.5 Å². The van der Waals surface area contributed by atoms with E-state index in [0.29, 0.717) is 17.5 Å². The van der Waals surface area contributed by atoms with Crippen molar-refractivity contribution in [2.24, 2.45) is 17.8 Å². The lowest BCUT2D eigenvalue weighted by atomic mass is 9.84. The van der Waals surface area contributed by atoms with Crippen molar-refractivity contribution in [3.63, 3.8) is 0 Å². The molecule has 0 radical (unpaired) electrons. The zero-order valence-corrected chi connectivity index (χ0v) is 15.9. The van der Waals surface area contributed by atoms with Crippen molar-refractivity contribution in [3.05, 3.63) is 42.9 Å². The maximum absolute atomic E-state index is 12.9. The van der Waals surface area contributed by atoms with E-state index in [0.717, 1.165) is 18.5 Å². The summed E-state index contributed by atoms with van der Waals surface area (Å²) in [5, 5.41) is 3.04. The van der Waals surface area contributed by atoms with Gasteiger partial charge in [-0.25, -0.2) is 9.97 Å². The first-order valence-electron chi connectivity index (χ1n) is 9.69. The summed E-state index contributed by atoms with van der Waals surface area (Å²) in [5.41, 5.74) is 0.753. The molecule has 1 saturated heterocycles. The van der Waals surface area contributed by atoms with Crippen molar-refractivity contribution >= 4 is 11.6 Å². The smallest absolute Gasteiger partial charge is 0.227 e. The van der Waals surface area contributed by atoms with Crippen molar-refractivity contribution in [1.82, 2.24) is 9.97 Å². The first kappa shape index (κ1) is 17.6. The Labute approximate surface area is 163 Å². The van der Waals surface area contributed by atoms with Gasteiger partial charge in [-0.3, -0.25) is 4.79 Å². The summed E-state index contributed by atoms with van der Waals surface area (Å²) < 4.78 is 17.8. The second kappa shape index (κ2) is 6.53. The fraction of sp³-hybridized carbons (Fsp3) is 0.476. The molecular formula is C21H23N3O4. The lowest BCUT2D eigenvalue weighted by Gasteiger charge is -2.28. The SMILES string of the molecule is CC1(C)OC2C3CC(C(=O)Nc4ccc(Oc5ccncn5)cc4)C(C3)C2O1. The third-order valence-corrected chi connectivity index (χ3v) is 5.93. The Bertz CT molecular complexity index is 871. The Hall–Kier alpha value is -2.51. The molecule has 146 valence electrons. The summed E-state index contributed by atoms with van der Waals surface area (Å²) in [7, 11) is 0. The molecule has 28 heavy (non-hydrogen) atoms. The molecule has 5 rings (SSSR count). The van der Waals surface area contributed by atoms with Crippen molar-refractivity contribution in [2.75, 3.05) is 5.32 Å². The molecule has 1 amide bonds. The molecule has 2 aromatic rings. The standard InChI is InChI=1S/C21H23N3O4/c1-21(2)27-18-12-9-15(19(18)28-21)16(10-12)20(25)24-13-3-5-14(6-4-13)26-17-7-8-22-11-23-17/h3-8,11-12,15-16,18-19H,9-10H2,1-2H3,(H,24,25). The maximum Gasteiger partial charge on any atom is 0.227 e. The normalized spacial score (nSPS) is 32.1. The number of hydrogen-bond donors (Lipinski definition) is 1. The van der Waals surface area contributed by atoms with Gasteiger partial charge in [-0.15, -0.1) is 0 Å². The summed E-state index contributed by atoms with van der Waals surface area (Å²) in [6.07, 6.45) is 5.11. The van der Waals surface area contributed by atoms with Gasteiger partial charge in [-0.1, -0.05) is 0 Å². The number of carbonyl (C=O) groups excluding carboxylic acids is 1. The molecule has 2 heterocycles. The van der Waals surface area contributed by atoms with Crippen LogP contribution in [0.5, 0.6) is 11.6 Å². The first-order valence-corrected chi connectivity index (χ1v) is 9.69. The number of hydrogen-bond acceptors (Lipinski definition) is 6. The average molecular weight is 381 g/mol. The molecule has 7 heteroatoms. The second-order valence-corrected chi connectivity index (χ2v) is 8.23. The van der Waals surface area contributed by atoms with Crippen LogP contribution in [0.4, 0.5) is 5.69 Å². The van der Waals surface area contributed by atoms with Crippen LogP contribution in [-0.2, 0) is 14.3 Å². The molecular weight excluding hydrogens is 358 g/mol. The lowest BCUT2D eigenvalue weighted by molar-refractivity contribution is -0.158. The second-order valence-electron chi connectivity index (χ2n) is 8.23. The van der Waals surface area contributed by atoms with Crippen molar-refractivity contribution in [2.45, 2.75) is 44.7 Å². The van der Waals surface area contributed by atoms with Gasteiger partial charge in [0.15, 0.2) is 5.79 Å². The van der Waals surface area contributed by atoms with Gasteiger partial charge in [0.1, 0.15) is 12.1 Å². The molecule has 5 unspecified atom stereocenters. The van der Waals surface area contributed by atoms with Gasteiger partial charge in [0.05, 0.1) is 12.2 Å². The summed E-state index contributed by atoms with van der Waals surface area (Å²) in [5.74, 6) is 1.26. The Balaban J connectivity index is 1.22. The van der Waals surface area contributed by atoms with Crippen LogP contribution in [0.15, 0.2) is 42.9 Å². The highest BCUT2D eigenvalue weighted by molar-refractivity contribution is 5.93. The zero-order valence-electron chi connectivity index (χ0n) is 15.9. The van der Waals surface area contributed by atoms with E-state index < -0.39 is 5.79 Å². The molecule has 2 saturated carbocycles. The number of benzene rings is 1. The Morgan fingerprint density at radius 3 is 2.68 bits per heavy atom. The number of rotatable bonds is 4. The van der Waals surface area contributed by atoms with Crippen molar-refractivity contribution in [3.8, 4) is 11.6 Å². The minimum atomic E-state index is -0.545. The number of carbonyl (C=O) groups is 1. The van der Waals surface area contributed by atoms with Crippen LogP contribution >= 0.6 is 0 Å². The quantitative estimate of drug-likeness (QED) is 0.874. The maximum atomic E-state index is 12.9. The van der Waals surface area contributed by atoms with Gasteiger partial charge in [0.2, 0.25) is 11.8 Å². The number of nitrogens with one attached hydrogen (secondary N) is 1. The van der Waals surface area contributed by atoms with Crippen LogP contribution in [0.1, 0.15) is 26.7 Å². The van der Waals surface area contributed by atoms with Crippen LogP contribution in [-0.4, -0.2) is 33.9 Å². The molecule has 3 fully saturated rings. The molecule has 2 bridgehead atoms. The number of fused-ring (bicyclic) bond motifs is 5. The number of aromatic nitrogens is 2. The highest BCUT2D eigenvalue weighted by Crippen LogP contribution is 2.55. The van der Waals surface area contributed by atoms with Gasteiger partial charge in [0, 0.05) is 23.9 Å². The van der Waals surface area contributed by atoms with E-state index in [1.807, 2.05) is 38.1 Å². The van der Waals surface area contributed by atoms with Gasteiger partial charge in [-0.2, -0.15) is 0 Å². The fourth-order valence-electron chi connectivity index (χ4n) is 4.86. The van der Waals surface area contributed by atoms with Crippen LogP contribution < -0.4 is 10.1 Å². The molecule has 1 aliphatic heterocycles. The monoisotopic (exact) mass is 381 g/mol. The average Bonchev–Trinajstić information content (AvgIpc) is 3.33. The lowest BCUT2D eigenvalue weighted by Crippen LogP contribution is -2.39. The number of amides is 1. The molecule has 2 aliphatic carbocycles. The van der Waals surface area contributed by atoms with Crippen molar-refractivity contribution < 1.29 is 19.0 Å². The van der Waals surface area contributed by atoms with Gasteiger partial charge in [0.25, 0.3) is 0 Å². The Kier molecular flexibility index (Phi) is 4.10. The predicted octanol–water partition coefficient (Wildman–Crippen LogP) is 3.38. The van der Waals surface area contributed by atoms with Crippen LogP contribution in [0.25, 0.3) is 0 Å².